The minimum absolute atomic E-state index is 0.153. The van der Waals surface area contributed by atoms with Crippen molar-refractivity contribution < 1.29 is 32.6 Å². The summed E-state index contributed by atoms with van der Waals surface area (Å²) in [6.07, 6.45) is -4.76. The second kappa shape index (κ2) is 10.6. The summed E-state index contributed by atoms with van der Waals surface area (Å²) in [4.78, 5) is 40.6. The van der Waals surface area contributed by atoms with Crippen molar-refractivity contribution in [1.82, 2.24) is 9.55 Å². The topological polar surface area (TPSA) is 123 Å². The van der Waals surface area contributed by atoms with Crippen LogP contribution in [0.3, 0.4) is 0 Å². The average molecular weight is 680 g/mol. The third-order valence-electron chi connectivity index (χ3n) is 5.05. The van der Waals surface area contributed by atoms with Crippen molar-refractivity contribution in [2.24, 2.45) is 0 Å². The summed E-state index contributed by atoms with van der Waals surface area (Å²) in [6.45, 7) is -0.632. The molecule has 9 nitrogen and oxygen atoms in total. The van der Waals surface area contributed by atoms with E-state index in [1.54, 1.807) is 48.5 Å². The van der Waals surface area contributed by atoms with Crippen molar-refractivity contribution >= 4 is 42.0 Å². The van der Waals surface area contributed by atoms with Crippen LogP contribution in [-0.4, -0.2) is 67.2 Å². The van der Waals surface area contributed by atoms with Crippen LogP contribution in [0.2, 0.25) is 0 Å². The molecule has 4 rings (SSSR count). The normalized spacial score (nSPS) is 20.8. The SMILES string of the molecule is Nc1ccn([C@@H]2O[C@H](COC(=O)c3ccccc3)C(O[C](=O)[Bi][c]3ccccc3)C2(F)F)c(=O)n1. The third-order valence-corrected chi connectivity index (χ3v) is 8.33. The number of carbonyl (C=O) groups is 2. The number of anilines is 1. The fourth-order valence-corrected chi connectivity index (χ4v) is 6.13. The van der Waals surface area contributed by atoms with Gasteiger partial charge in [0.1, 0.15) is 0 Å². The van der Waals surface area contributed by atoms with Crippen LogP contribution < -0.4 is 14.7 Å². The number of halogens is 2. The number of benzene rings is 2. The minimum atomic E-state index is -3.83. The maximum absolute atomic E-state index is 15.5. The molecule has 2 N–H and O–H groups in total. The fourth-order valence-electron chi connectivity index (χ4n) is 3.41. The molecule has 3 atom stereocenters. The van der Waals surface area contributed by atoms with E-state index in [2.05, 4.69) is 4.98 Å². The van der Waals surface area contributed by atoms with Crippen LogP contribution in [0.4, 0.5) is 19.4 Å². The Morgan fingerprint density at radius 3 is 2.40 bits per heavy atom. The Morgan fingerprint density at radius 1 is 1.09 bits per heavy atom. The number of nitrogens with two attached hydrogens (primary N) is 1. The molecular formula is C23H19BiF2N3O6. The van der Waals surface area contributed by atoms with E-state index in [1.165, 1.54) is 12.1 Å². The molecule has 0 saturated carbocycles. The summed E-state index contributed by atoms with van der Waals surface area (Å²) < 4.78 is 47.3. The van der Waals surface area contributed by atoms with Crippen LogP contribution in [0, 0.1) is 0 Å². The molecule has 0 amide bonds. The monoisotopic (exact) mass is 680 g/mol. The number of hydrogen-bond donors (Lipinski definition) is 1. The molecule has 0 spiro atoms. The first-order chi connectivity index (χ1) is 16.8. The number of rotatable bonds is 7. The van der Waals surface area contributed by atoms with Gasteiger partial charge in [0.05, 0.1) is 0 Å². The van der Waals surface area contributed by atoms with Crippen LogP contribution in [0.25, 0.3) is 0 Å². The van der Waals surface area contributed by atoms with Crippen LogP contribution in [0.15, 0.2) is 77.7 Å². The van der Waals surface area contributed by atoms with Crippen molar-refractivity contribution in [2.45, 2.75) is 24.4 Å². The van der Waals surface area contributed by atoms with Gasteiger partial charge in [-0.25, -0.2) is 0 Å². The van der Waals surface area contributed by atoms with E-state index in [4.69, 9.17) is 19.9 Å². The Labute approximate surface area is 209 Å². The first-order valence-electron chi connectivity index (χ1n) is 10.3. The Kier molecular flexibility index (Phi) is 7.52. The van der Waals surface area contributed by atoms with Gasteiger partial charge in [-0.3, -0.25) is 0 Å². The molecule has 1 radical (unpaired) electrons. The molecule has 12 heteroatoms. The standard InChI is InChI=1S/C17H14F2N3O6.C6H5.Bi/c18-17(19)13(27-9-23)11(8-26-14(24)10-4-2-1-3-5-10)28-15(17)22-7-6-12(20)21-16(22)25;1-2-4-6-5-3-1;/h1-7,11,13,15H,8H2,(H2,20,21,25);1-5H;/t11-,13?,15-;;/m1../s1. The van der Waals surface area contributed by atoms with Crippen molar-refractivity contribution in [3.8, 4) is 0 Å². The molecule has 0 aliphatic carbocycles. The van der Waals surface area contributed by atoms with Crippen LogP contribution >= 0.6 is 0 Å². The molecule has 1 saturated heterocycles. The quantitative estimate of drug-likeness (QED) is 0.296. The number of aromatic nitrogens is 2. The number of nitrogen functional groups attached to an aromatic ring is 1. The Bertz CT molecular complexity index is 1260. The maximum atomic E-state index is 15.5. The van der Waals surface area contributed by atoms with Gasteiger partial charge < -0.3 is 0 Å². The van der Waals surface area contributed by atoms with Crippen molar-refractivity contribution in [1.29, 1.82) is 0 Å². The molecule has 0 bridgehead atoms. The first kappa shape index (κ1) is 24.9. The fraction of sp³-hybridized carbons (Fsp3) is 0.217. The van der Waals surface area contributed by atoms with E-state index in [-0.39, 0.29) is 11.4 Å². The van der Waals surface area contributed by atoms with Crippen molar-refractivity contribution in [3.63, 3.8) is 0 Å². The third kappa shape index (κ3) is 5.71. The van der Waals surface area contributed by atoms with Crippen LogP contribution in [-0.2, 0) is 14.2 Å². The van der Waals surface area contributed by atoms with E-state index in [1.807, 2.05) is 0 Å². The number of nitrogens with zero attached hydrogens (tertiary/aromatic N) is 2. The molecule has 1 aliphatic heterocycles. The first-order valence-corrected chi connectivity index (χ1v) is 13.8. The van der Waals surface area contributed by atoms with E-state index in [0.717, 1.165) is 15.5 Å². The summed E-state index contributed by atoms with van der Waals surface area (Å²) in [6, 6.07) is 17.8. The molecule has 1 aromatic heterocycles. The number of alkyl halides is 2. The van der Waals surface area contributed by atoms with Crippen molar-refractivity contribution in [2.75, 3.05) is 12.3 Å². The average Bonchev–Trinajstić information content (AvgIpc) is 3.08. The predicted molar refractivity (Wildman–Crippen MR) is 121 cm³/mol. The summed E-state index contributed by atoms with van der Waals surface area (Å²) in [5, 5.41) is 0. The molecule has 1 aliphatic rings. The summed E-state index contributed by atoms with van der Waals surface area (Å²) in [5.74, 6) is -4.75. The predicted octanol–water partition coefficient (Wildman–Crippen LogP) is 1.75. The zero-order valence-electron chi connectivity index (χ0n) is 18.0. The zero-order valence-corrected chi connectivity index (χ0v) is 21.5. The van der Waals surface area contributed by atoms with Crippen LogP contribution in [0.5, 0.6) is 0 Å². The van der Waals surface area contributed by atoms with Gasteiger partial charge in [-0.1, -0.05) is 0 Å². The van der Waals surface area contributed by atoms with Gasteiger partial charge in [0.15, 0.2) is 0 Å². The molecule has 35 heavy (non-hydrogen) atoms. The number of esters is 1. The second-order valence-corrected chi connectivity index (χ2v) is 11.8. The molecule has 2 heterocycles. The Morgan fingerprint density at radius 2 is 1.74 bits per heavy atom. The summed E-state index contributed by atoms with van der Waals surface area (Å²) in [5.41, 5.74) is 4.59. The van der Waals surface area contributed by atoms with E-state index in [0.29, 0.717) is 4.57 Å². The van der Waals surface area contributed by atoms with E-state index >= 15 is 8.78 Å². The van der Waals surface area contributed by atoms with Crippen LogP contribution in [0.1, 0.15) is 16.6 Å². The van der Waals surface area contributed by atoms with E-state index < -0.39 is 69.5 Å². The Hall–Kier alpha value is -3.24. The van der Waals surface area contributed by atoms with E-state index in [9.17, 15) is 14.4 Å². The molecule has 1 unspecified atom stereocenters. The van der Waals surface area contributed by atoms with Gasteiger partial charge in [0.25, 0.3) is 0 Å². The summed E-state index contributed by atoms with van der Waals surface area (Å²) in [7, 11) is 0. The molecule has 3 aromatic rings. The number of ether oxygens (including phenoxy) is 3. The number of carbonyl (C=O) groups excluding carboxylic acids is 2. The van der Waals surface area contributed by atoms with Gasteiger partial charge in [-0.05, 0) is 0 Å². The summed E-state index contributed by atoms with van der Waals surface area (Å²) >= 11 is -2.15. The Balaban J connectivity index is 1.57. The molecule has 1 fully saturated rings. The number of hydrogen-bond acceptors (Lipinski definition) is 8. The molecular weight excluding hydrogens is 661 g/mol. The molecule has 2 aromatic carbocycles. The second-order valence-electron chi connectivity index (χ2n) is 7.46. The van der Waals surface area contributed by atoms with Gasteiger partial charge in [0.2, 0.25) is 0 Å². The molecule has 181 valence electrons. The van der Waals surface area contributed by atoms with Gasteiger partial charge in [0, 0.05) is 0 Å². The van der Waals surface area contributed by atoms with Gasteiger partial charge >= 0.3 is 210 Å². The van der Waals surface area contributed by atoms with Crippen molar-refractivity contribution in [3.05, 3.63) is 89.0 Å². The van der Waals surface area contributed by atoms with Gasteiger partial charge in [-0.15, -0.1) is 0 Å². The zero-order chi connectivity index (χ0) is 25.0. The van der Waals surface area contributed by atoms with Gasteiger partial charge in [-0.2, -0.15) is 0 Å².